The van der Waals surface area contributed by atoms with Crippen LogP contribution in [0, 0.1) is 5.92 Å². The van der Waals surface area contributed by atoms with Crippen LogP contribution in [0.5, 0.6) is 0 Å². The molecule has 21 heavy (non-hydrogen) atoms. The van der Waals surface area contributed by atoms with E-state index in [1.165, 1.54) is 0 Å². The first-order chi connectivity index (χ1) is 9.77. The second-order valence-electron chi connectivity index (χ2n) is 5.86. The van der Waals surface area contributed by atoms with Crippen molar-refractivity contribution in [1.82, 2.24) is 13.5 Å². The van der Waals surface area contributed by atoms with Gasteiger partial charge >= 0.3 is 0 Å². The maximum Gasteiger partial charge on any atom is 0.243 e. The number of aromatic nitrogens is 2. The standard InChI is InChI=1S/C13H20N4O2S2/c1-9(2)7-13(3,8-14)17-21(18,19)11-6-4-5-10-12(11)16-20-15-10/h4-6,9,17H,7-8,14H2,1-3H3. The van der Waals surface area contributed by atoms with Crippen LogP contribution in [0.4, 0.5) is 0 Å². The van der Waals surface area contributed by atoms with Gasteiger partial charge in [-0.25, -0.2) is 13.1 Å². The minimum atomic E-state index is -3.70. The van der Waals surface area contributed by atoms with Crippen LogP contribution < -0.4 is 10.5 Å². The summed E-state index contributed by atoms with van der Waals surface area (Å²) in [6, 6.07) is 4.95. The average Bonchev–Trinajstić information content (AvgIpc) is 2.84. The van der Waals surface area contributed by atoms with Crippen LogP contribution in [0.25, 0.3) is 11.0 Å². The van der Waals surface area contributed by atoms with Crippen molar-refractivity contribution >= 4 is 32.8 Å². The van der Waals surface area contributed by atoms with E-state index in [4.69, 9.17) is 5.73 Å². The molecule has 0 aliphatic carbocycles. The lowest BCUT2D eigenvalue weighted by Gasteiger charge is -2.30. The molecule has 1 atom stereocenters. The van der Waals surface area contributed by atoms with Crippen LogP contribution in [0.2, 0.25) is 0 Å². The van der Waals surface area contributed by atoms with Crippen LogP contribution in [-0.4, -0.2) is 29.2 Å². The van der Waals surface area contributed by atoms with E-state index in [2.05, 4.69) is 13.5 Å². The predicted molar refractivity (Wildman–Crippen MR) is 84.7 cm³/mol. The zero-order chi connectivity index (χ0) is 15.7. The Morgan fingerprint density at radius 1 is 1.38 bits per heavy atom. The minimum Gasteiger partial charge on any atom is -0.329 e. The topological polar surface area (TPSA) is 98.0 Å². The number of benzene rings is 1. The quantitative estimate of drug-likeness (QED) is 0.841. The van der Waals surface area contributed by atoms with E-state index in [1.54, 1.807) is 18.2 Å². The molecule has 116 valence electrons. The molecule has 1 aromatic heterocycles. The lowest BCUT2D eigenvalue weighted by Crippen LogP contribution is -2.52. The van der Waals surface area contributed by atoms with E-state index in [0.717, 1.165) is 11.7 Å². The molecule has 8 heteroatoms. The first kappa shape index (κ1) is 16.3. The Morgan fingerprint density at radius 2 is 2.10 bits per heavy atom. The van der Waals surface area contributed by atoms with Gasteiger partial charge in [0.2, 0.25) is 10.0 Å². The molecule has 3 N–H and O–H groups in total. The van der Waals surface area contributed by atoms with E-state index in [9.17, 15) is 8.42 Å². The molecule has 1 aromatic carbocycles. The molecule has 2 aromatic rings. The zero-order valence-corrected chi connectivity index (χ0v) is 14.0. The first-order valence-corrected chi connectivity index (χ1v) is 8.94. The summed E-state index contributed by atoms with van der Waals surface area (Å²) in [5.41, 5.74) is 6.08. The second-order valence-corrected chi connectivity index (χ2v) is 8.04. The van der Waals surface area contributed by atoms with Crippen LogP contribution in [-0.2, 0) is 10.0 Å². The Hall–Kier alpha value is -1.09. The van der Waals surface area contributed by atoms with Gasteiger partial charge in [0, 0.05) is 12.1 Å². The molecule has 0 amide bonds. The predicted octanol–water partition coefficient (Wildman–Crippen LogP) is 1.73. The van der Waals surface area contributed by atoms with Gasteiger partial charge in [-0.1, -0.05) is 19.9 Å². The van der Waals surface area contributed by atoms with Gasteiger partial charge in [0.25, 0.3) is 0 Å². The molecule has 2 rings (SSSR count). The largest absolute Gasteiger partial charge is 0.329 e. The third-order valence-electron chi connectivity index (χ3n) is 3.23. The van der Waals surface area contributed by atoms with E-state index < -0.39 is 15.6 Å². The van der Waals surface area contributed by atoms with Crippen LogP contribution >= 0.6 is 11.7 Å². The van der Waals surface area contributed by atoms with Crippen molar-refractivity contribution in [2.75, 3.05) is 6.54 Å². The highest BCUT2D eigenvalue weighted by Crippen LogP contribution is 2.24. The van der Waals surface area contributed by atoms with Gasteiger partial charge in [0.15, 0.2) is 0 Å². The number of sulfonamides is 1. The monoisotopic (exact) mass is 328 g/mol. The molecule has 0 radical (unpaired) electrons. The number of fused-ring (bicyclic) bond motifs is 1. The Morgan fingerprint density at radius 3 is 2.71 bits per heavy atom. The van der Waals surface area contributed by atoms with Crippen LogP contribution in [0.15, 0.2) is 23.1 Å². The van der Waals surface area contributed by atoms with Crippen LogP contribution in [0.1, 0.15) is 27.2 Å². The molecule has 0 spiro atoms. The SMILES string of the molecule is CC(C)CC(C)(CN)NS(=O)(=O)c1cccc2nsnc12. The van der Waals surface area contributed by atoms with Crippen molar-refractivity contribution < 1.29 is 8.42 Å². The molecule has 6 nitrogen and oxygen atoms in total. The summed E-state index contributed by atoms with van der Waals surface area (Å²) in [6.07, 6.45) is 0.661. The summed E-state index contributed by atoms with van der Waals surface area (Å²) in [6.45, 7) is 6.13. The van der Waals surface area contributed by atoms with Gasteiger partial charge in [0.1, 0.15) is 15.9 Å². The molecule has 0 aliphatic rings. The molecule has 0 saturated carbocycles. The number of nitrogens with zero attached hydrogens (tertiary/aromatic N) is 2. The molecule has 0 aliphatic heterocycles. The normalized spacial score (nSPS) is 15.5. The summed E-state index contributed by atoms with van der Waals surface area (Å²) in [7, 11) is -3.70. The highest BCUT2D eigenvalue weighted by molar-refractivity contribution is 7.89. The molecule has 1 heterocycles. The van der Waals surface area contributed by atoms with E-state index in [-0.39, 0.29) is 11.4 Å². The molecule has 0 bridgehead atoms. The highest BCUT2D eigenvalue weighted by atomic mass is 32.2. The molecule has 0 fully saturated rings. The lowest BCUT2D eigenvalue weighted by atomic mass is 9.92. The molecular formula is C13H20N4O2S2. The Kier molecular flexibility index (Phi) is 4.62. The number of hydrogen-bond donors (Lipinski definition) is 2. The van der Waals surface area contributed by atoms with Gasteiger partial charge in [-0.05, 0) is 31.4 Å². The Balaban J connectivity index is 2.40. The zero-order valence-electron chi connectivity index (χ0n) is 12.3. The van der Waals surface area contributed by atoms with E-state index in [0.29, 0.717) is 23.4 Å². The highest BCUT2D eigenvalue weighted by Gasteiger charge is 2.31. The fourth-order valence-corrected chi connectivity index (χ4v) is 4.64. The van der Waals surface area contributed by atoms with Gasteiger partial charge in [-0.3, -0.25) is 0 Å². The minimum absolute atomic E-state index is 0.150. The third kappa shape index (κ3) is 3.57. The van der Waals surface area contributed by atoms with E-state index >= 15 is 0 Å². The van der Waals surface area contributed by atoms with Crippen molar-refractivity contribution in [3.8, 4) is 0 Å². The van der Waals surface area contributed by atoms with Gasteiger partial charge in [-0.2, -0.15) is 8.75 Å². The summed E-state index contributed by atoms with van der Waals surface area (Å²) in [5, 5.41) is 0. The average molecular weight is 328 g/mol. The first-order valence-electron chi connectivity index (χ1n) is 6.73. The van der Waals surface area contributed by atoms with Gasteiger partial charge in [-0.15, -0.1) is 0 Å². The summed E-state index contributed by atoms with van der Waals surface area (Å²) in [4.78, 5) is 0.150. The molecule has 1 unspecified atom stereocenters. The lowest BCUT2D eigenvalue weighted by molar-refractivity contribution is 0.344. The van der Waals surface area contributed by atoms with Crippen molar-refractivity contribution in [2.24, 2.45) is 11.7 Å². The van der Waals surface area contributed by atoms with Crippen molar-refractivity contribution in [3.05, 3.63) is 18.2 Å². The third-order valence-corrected chi connectivity index (χ3v) is 5.44. The van der Waals surface area contributed by atoms with Crippen molar-refractivity contribution in [1.29, 1.82) is 0 Å². The number of nitrogens with two attached hydrogens (primary N) is 1. The fourth-order valence-electron chi connectivity index (χ4n) is 2.45. The van der Waals surface area contributed by atoms with Crippen molar-refractivity contribution in [2.45, 2.75) is 37.6 Å². The molecule has 0 saturated heterocycles. The summed E-state index contributed by atoms with van der Waals surface area (Å²) < 4.78 is 36.2. The summed E-state index contributed by atoms with van der Waals surface area (Å²) >= 11 is 1.00. The second kappa shape index (κ2) is 5.96. The maximum absolute atomic E-state index is 12.7. The fraction of sp³-hybridized carbons (Fsp3) is 0.538. The smallest absolute Gasteiger partial charge is 0.243 e. The van der Waals surface area contributed by atoms with Gasteiger partial charge < -0.3 is 5.73 Å². The number of nitrogens with one attached hydrogen (secondary N) is 1. The maximum atomic E-state index is 12.7. The Bertz CT molecular complexity index is 727. The molecular weight excluding hydrogens is 308 g/mol. The van der Waals surface area contributed by atoms with Crippen LogP contribution in [0.3, 0.4) is 0 Å². The number of hydrogen-bond acceptors (Lipinski definition) is 6. The van der Waals surface area contributed by atoms with E-state index in [1.807, 2.05) is 20.8 Å². The van der Waals surface area contributed by atoms with Gasteiger partial charge in [0.05, 0.1) is 11.7 Å². The van der Waals surface area contributed by atoms with Crippen molar-refractivity contribution in [3.63, 3.8) is 0 Å². The Labute approximate surface area is 129 Å². The number of rotatable bonds is 6. The summed E-state index contributed by atoms with van der Waals surface area (Å²) in [5.74, 6) is 0.331.